The number of rotatable bonds is 5. The zero-order valence-electron chi connectivity index (χ0n) is 10.1. The van der Waals surface area contributed by atoms with Crippen LogP contribution in [0.15, 0.2) is 22.7 Å². The highest BCUT2D eigenvalue weighted by Crippen LogP contribution is 2.30. The normalized spacial score (nSPS) is 14.8. The Kier molecular flexibility index (Phi) is 4.93. The molecule has 1 aromatic carbocycles. The summed E-state index contributed by atoms with van der Waals surface area (Å²) in [4.78, 5) is 0. The summed E-state index contributed by atoms with van der Waals surface area (Å²) in [5, 5.41) is 3.20. The first-order valence-corrected chi connectivity index (χ1v) is 6.39. The van der Waals surface area contributed by atoms with Crippen molar-refractivity contribution in [3.63, 3.8) is 0 Å². The smallest absolute Gasteiger partial charge is 0.137 e. The third kappa shape index (κ3) is 3.29. The quantitative estimate of drug-likeness (QED) is 0.869. The van der Waals surface area contributed by atoms with Gasteiger partial charge in [0.2, 0.25) is 0 Å². The monoisotopic (exact) mass is 287 g/mol. The summed E-state index contributed by atoms with van der Waals surface area (Å²) in [6.07, 6.45) is 1.94. The van der Waals surface area contributed by atoms with Crippen LogP contribution >= 0.6 is 15.9 Å². The minimum atomic E-state index is -0.180. The van der Waals surface area contributed by atoms with Crippen molar-refractivity contribution >= 4 is 15.9 Å². The van der Waals surface area contributed by atoms with Gasteiger partial charge < -0.3 is 5.32 Å². The zero-order valence-corrected chi connectivity index (χ0v) is 11.7. The second-order valence-corrected chi connectivity index (χ2v) is 5.38. The predicted molar refractivity (Wildman–Crippen MR) is 70.1 cm³/mol. The molecule has 0 bridgehead atoms. The lowest BCUT2D eigenvalue weighted by molar-refractivity contribution is 0.298. The molecule has 1 unspecified atom stereocenters. The number of hydrogen-bond donors (Lipinski definition) is 1. The zero-order chi connectivity index (χ0) is 12.2. The second kappa shape index (κ2) is 5.78. The van der Waals surface area contributed by atoms with Crippen molar-refractivity contribution < 1.29 is 4.39 Å². The highest BCUT2D eigenvalue weighted by atomic mass is 79.9. The molecule has 0 fully saturated rings. The minimum Gasteiger partial charge on any atom is -0.319 e. The number of halogens is 2. The van der Waals surface area contributed by atoms with Gasteiger partial charge in [-0.15, -0.1) is 0 Å². The van der Waals surface area contributed by atoms with Gasteiger partial charge in [0.05, 0.1) is 4.47 Å². The molecule has 0 radical (unpaired) electrons. The molecule has 0 aliphatic carbocycles. The highest BCUT2D eigenvalue weighted by molar-refractivity contribution is 9.10. The summed E-state index contributed by atoms with van der Waals surface area (Å²) in [5.41, 5.74) is 1.21. The van der Waals surface area contributed by atoms with E-state index >= 15 is 0 Å². The van der Waals surface area contributed by atoms with E-state index in [1.165, 1.54) is 6.07 Å². The number of benzene rings is 1. The van der Waals surface area contributed by atoms with Crippen LogP contribution in [0, 0.1) is 11.2 Å². The molecule has 0 spiro atoms. The number of hydrogen-bond acceptors (Lipinski definition) is 1. The lowest BCUT2D eigenvalue weighted by atomic mass is 9.81. The molecule has 0 amide bonds. The van der Waals surface area contributed by atoms with Crippen LogP contribution in [-0.4, -0.2) is 13.6 Å². The molecule has 0 aliphatic rings. The van der Waals surface area contributed by atoms with Crippen molar-refractivity contribution in [3.05, 3.63) is 34.1 Å². The molecule has 0 heterocycles. The minimum absolute atomic E-state index is 0.172. The molecule has 0 aromatic heterocycles. The third-order valence-electron chi connectivity index (χ3n) is 3.11. The van der Waals surface area contributed by atoms with Crippen LogP contribution in [-0.2, 0) is 6.42 Å². The van der Waals surface area contributed by atoms with E-state index in [0.717, 1.165) is 24.9 Å². The van der Waals surface area contributed by atoms with Gasteiger partial charge in [-0.3, -0.25) is 0 Å². The standard InChI is InChI=1S/C13H19BrFN/c1-4-13(2,9-16-3)8-10-6-5-7-11(15)12(10)14/h5-7,16H,4,8-9H2,1-3H3. The van der Waals surface area contributed by atoms with Gasteiger partial charge in [-0.1, -0.05) is 26.0 Å². The van der Waals surface area contributed by atoms with Gasteiger partial charge in [0.15, 0.2) is 0 Å². The third-order valence-corrected chi connectivity index (χ3v) is 3.99. The summed E-state index contributed by atoms with van der Waals surface area (Å²) in [6, 6.07) is 5.23. The molecule has 0 saturated heterocycles. The molecule has 1 atom stereocenters. The van der Waals surface area contributed by atoms with E-state index in [9.17, 15) is 4.39 Å². The van der Waals surface area contributed by atoms with Gasteiger partial charge in [-0.25, -0.2) is 4.39 Å². The molecular weight excluding hydrogens is 269 g/mol. The molecule has 90 valence electrons. The first-order valence-electron chi connectivity index (χ1n) is 5.60. The van der Waals surface area contributed by atoms with E-state index in [2.05, 4.69) is 35.1 Å². The Morgan fingerprint density at radius 1 is 1.44 bits per heavy atom. The van der Waals surface area contributed by atoms with Gasteiger partial charge in [0.25, 0.3) is 0 Å². The SMILES string of the molecule is CCC(C)(CNC)Cc1cccc(F)c1Br. The fourth-order valence-electron chi connectivity index (χ4n) is 1.88. The second-order valence-electron chi connectivity index (χ2n) is 4.58. The summed E-state index contributed by atoms with van der Waals surface area (Å²) < 4.78 is 14.0. The van der Waals surface area contributed by atoms with Crippen LogP contribution < -0.4 is 5.32 Å². The van der Waals surface area contributed by atoms with Gasteiger partial charge in [0, 0.05) is 6.54 Å². The summed E-state index contributed by atoms with van der Waals surface area (Å²) in [6.45, 7) is 5.33. The van der Waals surface area contributed by atoms with E-state index in [0.29, 0.717) is 4.47 Å². The Balaban J connectivity index is 2.90. The van der Waals surface area contributed by atoms with E-state index < -0.39 is 0 Å². The average molecular weight is 288 g/mol. The van der Waals surface area contributed by atoms with Crippen molar-refractivity contribution in [1.29, 1.82) is 0 Å². The fraction of sp³-hybridized carbons (Fsp3) is 0.538. The Bertz CT molecular complexity index is 354. The van der Waals surface area contributed by atoms with Gasteiger partial charge in [0.1, 0.15) is 5.82 Å². The van der Waals surface area contributed by atoms with E-state index in [1.54, 1.807) is 6.07 Å². The van der Waals surface area contributed by atoms with E-state index in [4.69, 9.17) is 0 Å². The first kappa shape index (κ1) is 13.7. The van der Waals surface area contributed by atoms with Crippen LogP contribution in [0.5, 0.6) is 0 Å². The van der Waals surface area contributed by atoms with Crippen LogP contribution in [0.4, 0.5) is 4.39 Å². The fourth-order valence-corrected chi connectivity index (χ4v) is 2.29. The maximum atomic E-state index is 13.4. The molecule has 0 saturated carbocycles. The summed E-state index contributed by atoms with van der Waals surface area (Å²) in [7, 11) is 1.95. The summed E-state index contributed by atoms with van der Waals surface area (Å²) in [5.74, 6) is -0.180. The van der Waals surface area contributed by atoms with Crippen LogP contribution in [0.3, 0.4) is 0 Å². The molecule has 3 heteroatoms. The maximum absolute atomic E-state index is 13.4. The molecular formula is C13H19BrFN. The molecule has 0 aliphatic heterocycles. The Morgan fingerprint density at radius 3 is 2.69 bits per heavy atom. The van der Waals surface area contributed by atoms with Crippen molar-refractivity contribution in [2.75, 3.05) is 13.6 Å². The summed E-state index contributed by atoms with van der Waals surface area (Å²) >= 11 is 3.32. The van der Waals surface area contributed by atoms with E-state index in [-0.39, 0.29) is 11.2 Å². The largest absolute Gasteiger partial charge is 0.319 e. The number of nitrogens with one attached hydrogen (secondary N) is 1. The lowest BCUT2D eigenvalue weighted by Crippen LogP contribution is -2.31. The molecule has 1 rings (SSSR count). The average Bonchev–Trinajstić information content (AvgIpc) is 2.25. The van der Waals surface area contributed by atoms with Gasteiger partial charge >= 0.3 is 0 Å². The van der Waals surface area contributed by atoms with E-state index in [1.807, 2.05) is 13.1 Å². The topological polar surface area (TPSA) is 12.0 Å². The molecule has 1 nitrogen and oxygen atoms in total. The van der Waals surface area contributed by atoms with Crippen molar-refractivity contribution in [1.82, 2.24) is 5.32 Å². The van der Waals surface area contributed by atoms with Gasteiger partial charge in [-0.05, 0) is 52.9 Å². The lowest BCUT2D eigenvalue weighted by Gasteiger charge is -2.28. The van der Waals surface area contributed by atoms with Crippen molar-refractivity contribution in [2.45, 2.75) is 26.7 Å². The Morgan fingerprint density at radius 2 is 2.12 bits per heavy atom. The van der Waals surface area contributed by atoms with Crippen LogP contribution in [0.2, 0.25) is 0 Å². The van der Waals surface area contributed by atoms with Crippen molar-refractivity contribution in [2.24, 2.45) is 5.41 Å². The maximum Gasteiger partial charge on any atom is 0.137 e. The highest BCUT2D eigenvalue weighted by Gasteiger charge is 2.23. The Hall–Kier alpha value is -0.410. The predicted octanol–water partition coefficient (Wildman–Crippen LogP) is 3.77. The molecule has 1 aromatic rings. The molecule has 1 N–H and O–H groups in total. The van der Waals surface area contributed by atoms with Crippen molar-refractivity contribution in [3.8, 4) is 0 Å². The first-order chi connectivity index (χ1) is 7.52. The van der Waals surface area contributed by atoms with Crippen LogP contribution in [0.1, 0.15) is 25.8 Å². The Labute approximate surface area is 106 Å². The van der Waals surface area contributed by atoms with Crippen LogP contribution in [0.25, 0.3) is 0 Å². The molecule has 16 heavy (non-hydrogen) atoms. The van der Waals surface area contributed by atoms with Gasteiger partial charge in [-0.2, -0.15) is 0 Å².